The van der Waals surface area contributed by atoms with Crippen molar-refractivity contribution in [2.75, 3.05) is 11.5 Å². The van der Waals surface area contributed by atoms with Crippen LogP contribution in [-0.2, 0) is 19.1 Å². The third-order valence-electron chi connectivity index (χ3n) is 5.74. The number of hydrogen-bond donors (Lipinski definition) is 0. The number of hydrogen-bond acceptors (Lipinski definition) is 8. The molecule has 1 unspecified atom stereocenters. The van der Waals surface area contributed by atoms with Crippen LogP contribution in [0.4, 0.5) is 5.69 Å². The SMILES string of the molecule is C=CCOC(=O)C1=C(C)N=c2s/c(=C3\C(=O)N(C(C)=O)c4ccccc43)c(=O)n2C1c1cccs1. The van der Waals surface area contributed by atoms with Gasteiger partial charge in [-0.1, -0.05) is 48.3 Å². The molecule has 8 nitrogen and oxygen atoms in total. The highest BCUT2D eigenvalue weighted by atomic mass is 32.1. The summed E-state index contributed by atoms with van der Waals surface area (Å²) in [5.74, 6) is -1.59. The summed E-state index contributed by atoms with van der Waals surface area (Å²) < 4.78 is 6.91. The molecule has 35 heavy (non-hydrogen) atoms. The number of carbonyl (C=O) groups excluding carboxylic acids is 3. The third-order valence-corrected chi connectivity index (χ3v) is 7.71. The van der Waals surface area contributed by atoms with Crippen LogP contribution in [0, 0.1) is 0 Å². The summed E-state index contributed by atoms with van der Waals surface area (Å²) in [6.45, 7) is 6.60. The van der Waals surface area contributed by atoms with Crippen molar-refractivity contribution in [1.82, 2.24) is 4.57 Å². The van der Waals surface area contributed by atoms with Crippen LogP contribution in [0.5, 0.6) is 0 Å². The Morgan fingerprint density at radius 2 is 1.97 bits per heavy atom. The summed E-state index contributed by atoms with van der Waals surface area (Å²) >= 11 is 2.47. The van der Waals surface area contributed by atoms with E-state index in [1.54, 1.807) is 31.2 Å². The van der Waals surface area contributed by atoms with Crippen molar-refractivity contribution in [3.05, 3.63) is 95.8 Å². The summed E-state index contributed by atoms with van der Waals surface area (Å²) in [4.78, 5) is 59.2. The van der Waals surface area contributed by atoms with E-state index in [9.17, 15) is 19.2 Å². The normalized spacial score (nSPS) is 18.2. The van der Waals surface area contributed by atoms with E-state index in [0.29, 0.717) is 21.7 Å². The van der Waals surface area contributed by atoms with Crippen molar-refractivity contribution < 1.29 is 19.1 Å². The molecule has 0 bridgehead atoms. The number of imide groups is 1. The van der Waals surface area contributed by atoms with Gasteiger partial charge in [0.25, 0.3) is 11.5 Å². The molecule has 1 atom stereocenters. The van der Waals surface area contributed by atoms with Gasteiger partial charge in [0.2, 0.25) is 5.91 Å². The van der Waals surface area contributed by atoms with E-state index >= 15 is 0 Å². The van der Waals surface area contributed by atoms with E-state index in [0.717, 1.165) is 21.1 Å². The second kappa shape index (κ2) is 8.71. The van der Waals surface area contributed by atoms with Crippen LogP contribution in [0.25, 0.3) is 5.57 Å². The van der Waals surface area contributed by atoms with Crippen molar-refractivity contribution in [3.63, 3.8) is 0 Å². The van der Waals surface area contributed by atoms with E-state index in [1.165, 1.54) is 28.9 Å². The Hall–Kier alpha value is -3.89. The van der Waals surface area contributed by atoms with Gasteiger partial charge in [-0.25, -0.2) is 14.7 Å². The first-order valence-electron chi connectivity index (χ1n) is 10.7. The van der Waals surface area contributed by atoms with E-state index in [-0.39, 0.29) is 22.3 Å². The number of benzene rings is 1. The van der Waals surface area contributed by atoms with Crippen LogP contribution in [0.2, 0.25) is 0 Å². The second-order valence-corrected chi connectivity index (χ2v) is 9.81. The van der Waals surface area contributed by atoms with Gasteiger partial charge < -0.3 is 4.74 Å². The maximum absolute atomic E-state index is 13.9. The molecule has 4 heterocycles. The summed E-state index contributed by atoms with van der Waals surface area (Å²) in [5, 5.41) is 1.86. The zero-order valence-corrected chi connectivity index (χ0v) is 20.4. The van der Waals surface area contributed by atoms with Gasteiger partial charge in [0.1, 0.15) is 17.2 Å². The van der Waals surface area contributed by atoms with Crippen LogP contribution in [0.15, 0.2) is 75.5 Å². The fourth-order valence-electron chi connectivity index (χ4n) is 4.31. The lowest BCUT2D eigenvalue weighted by Gasteiger charge is -2.23. The molecule has 10 heteroatoms. The van der Waals surface area contributed by atoms with Crippen LogP contribution in [0.3, 0.4) is 0 Å². The van der Waals surface area contributed by atoms with Crippen molar-refractivity contribution in [2.45, 2.75) is 19.9 Å². The number of thiophene rings is 1. The highest BCUT2D eigenvalue weighted by molar-refractivity contribution is 7.10. The van der Waals surface area contributed by atoms with Crippen molar-refractivity contribution in [1.29, 1.82) is 0 Å². The molecule has 2 aromatic heterocycles. The predicted octanol–water partition coefficient (Wildman–Crippen LogP) is 2.29. The maximum atomic E-state index is 13.9. The molecular formula is C25H19N3O5S2. The fourth-order valence-corrected chi connectivity index (χ4v) is 6.27. The van der Waals surface area contributed by atoms with Gasteiger partial charge in [-0.05, 0) is 24.4 Å². The van der Waals surface area contributed by atoms with Crippen molar-refractivity contribution in [2.24, 2.45) is 4.99 Å². The number of thiazole rings is 1. The molecule has 2 aliphatic heterocycles. The first-order chi connectivity index (χ1) is 16.8. The molecule has 2 aliphatic rings. The summed E-state index contributed by atoms with van der Waals surface area (Å²) in [7, 11) is 0. The minimum atomic E-state index is -0.756. The molecule has 176 valence electrons. The van der Waals surface area contributed by atoms with E-state index in [1.807, 2.05) is 17.5 Å². The molecule has 2 amide bonds. The minimum Gasteiger partial charge on any atom is -0.458 e. The highest BCUT2D eigenvalue weighted by Crippen LogP contribution is 2.36. The quantitative estimate of drug-likeness (QED) is 0.400. The molecule has 0 N–H and O–H groups in total. The molecule has 1 aromatic carbocycles. The number of anilines is 1. The number of amides is 2. The molecule has 0 saturated carbocycles. The molecular weight excluding hydrogens is 486 g/mol. The number of ether oxygens (including phenoxy) is 1. The first-order valence-corrected chi connectivity index (χ1v) is 12.4. The van der Waals surface area contributed by atoms with Crippen LogP contribution in [0.1, 0.15) is 30.3 Å². The number of para-hydroxylation sites is 1. The zero-order chi connectivity index (χ0) is 24.9. The van der Waals surface area contributed by atoms with Gasteiger partial charge in [0.05, 0.1) is 22.5 Å². The predicted molar refractivity (Wildman–Crippen MR) is 133 cm³/mol. The minimum absolute atomic E-state index is 0.0213. The fraction of sp³-hybridized carbons (Fsp3) is 0.160. The number of nitrogens with zero attached hydrogens (tertiary/aromatic N) is 3. The van der Waals surface area contributed by atoms with Gasteiger partial charge in [-0.15, -0.1) is 11.3 Å². The van der Waals surface area contributed by atoms with Gasteiger partial charge in [0.15, 0.2) is 4.80 Å². The Kier molecular flexibility index (Phi) is 5.70. The van der Waals surface area contributed by atoms with E-state index < -0.39 is 29.4 Å². The first kappa shape index (κ1) is 22.9. The smallest absolute Gasteiger partial charge is 0.338 e. The number of fused-ring (bicyclic) bond motifs is 2. The average molecular weight is 506 g/mol. The zero-order valence-electron chi connectivity index (χ0n) is 18.8. The van der Waals surface area contributed by atoms with Gasteiger partial charge in [0, 0.05) is 17.4 Å². The molecule has 3 aromatic rings. The lowest BCUT2D eigenvalue weighted by atomic mass is 10.0. The monoisotopic (exact) mass is 505 g/mol. The van der Waals surface area contributed by atoms with Gasteiger partial charge in [-0.3, -0.25) is 19.0 Å². The molecule has 0 saturated heterocycles. The van der Waals surface area contributed by atoms with Gasteiger partial charge >= 0.3 is 5.97 Å². The highest BCUT2D eigenvalue weighted by Gasteiger charge is 2.38. The van der Waals surface area contributed by atoms with Crippen molar-refractivity contribution in [3.8, 4) is 0 Å². The average Bonchev–Trinajstić information content (AvgIpc) is 3.53. The number of carbonyl (C=O) groups is 3. The largest absolute Gasteiger partial charge is 0.458 e. The molecule has 0 spiro atoms. The number of aromatic nitrogens is 1. The van der Waals surface area contributed by atoms with E-state index in [4.69, 9.17) is 4.74 Å². The van der Waals surface area contributed by atoms with Crippen LogP contribution >= 0.6 is 22.7 Å². The summed E-state index contributed by atoms with van der Waals surface area (Å²) in [6.07, 6.45) is 1.47. The van der Waals surface area contributed by atoms with Crippen molar-refractivity contribution >= 4 is 51.7 Å². The summed E-state index contributed by atoms with van der Waals surface area (Å²) in [5.41, 5.74) is 1.32. The summed E-state index contributed by atoms with van der Waals surface area (Å²) in [6, 6.07) is 9.78. The number of rotatable bonds is 4. The molecule has 0 fully saturated rings. The van der Waals surface area contributed by atoms with Gasteiger partial charge in [-0.2, -0.15) is 0 Å². The number of allylic oxidation sites excluding steroid dienone is 1. The molecule has 5 rings (SSSR count). The Morgan fingerprint density at radius 1 is 1.20 bits per heavy atom. The molecule has 0 radical (unpaired) electrons. The standard InChI is InChI=1S/C25H19N3O5S2/c1-4-11-33-24(32)18-13(2)26-25-28(20(18)17-10-7-12-34-17)23(31)21(35-25)19-15-8-5-6-9-16(15)27(14(3)29)22(19)30/h4-10,12,20H,1,11H2,2-3H3/b21-19-. The third kappa shape index (κ3) is 3.53. The van der Waals surface area contributed by atoms with Crippen LogP contribution in [-0.4, -0.2) is 29.0 Å². The maximum Gasteiger partial charge on any atom is 0.338 e. The Morgan fingerprint density at radius 3 is 2.66 bits per heavy atom. The van der Waals surface area contributed by atoms with E-state index in [2.05, 4.69) is 11.6 Å². The lowest BCUT2D eigenvalue weighted by Crippen LogP contribution is -2.41. The molecule has 0 aliphatic carbocycles. The number of esters is 1. The van der Waals surface area contributed by atoms with Crippen LogP contribution < -0.4 is 19.8 Å². The second-order valence-electron chi connectivity index (χ2n) is 7.86. The Bertz CT molecular complexity index is 1630. The Labute approximate surface area is 207 Å². The Balaban J connectivity index is 1.80. The topological polar surface area (TPSA) is 98.0 Å². The lowest BCUT2D eigenvalue weighted by molar-refractivity contribution is -0.138.